The van der Waals surface area contributed by atoms with Gasteiger partial charge in [-0.1, -0.05) is 30.7 Å². The number of piperidine rings is 1. The molecule has 1 amide bonds. The lowest BCUT2D eigenvalue weighted by molar-refractivity contribution is 0.0693. The highest BCUT2D eigenvalue weighted by Crippen LogP contribution is 2.27. The standard InChI is InChI=1S/C24H32N2O4S/c1-16-10-12-26(13-11-16)24(27)22-15-20(7-9-23(22)30-5)31(28,29)25-19(4)21-8-6-17(2)14-18(21)3/h6-9,14-16,19,25H,10-13H2,1-5H3. The average molecular weight is 445 g/mol. The first-order valence-corrected chi connectivity index (χ1v) is 12.2. The van der Waals surface area contributed by atoms with Gasteiger partial charge in [-0.2, -0.15) is 0 Å². The summed E-state index contributed by atoms with van der Waals surface area (Å²) >= 11 is 0. The molecule has 1 heterocycles. The van der Waals surface area contributed by atoms with Crippen LogP contribution in [0.5, 0.6) is 5.75 Å². The van der Waals surface area contributed by atoms with E-state index in [2.05, 4.69) is 11.6 Å². The van der Waals surface area contributed by atoms with Gasteiger partial charge in [0.2, 0.25) is 10.0 Å². The molecule has 1 aliphatic rings. The highest BCUT2D eigenvalue weighted by Gasteiger charge is 2.27. The minimum atomic E-state index is -3.83. The molecule has 0 aliphatic carbocycles. The fraction of sp³-hybridized carbons (Fsp3) is 0.458. The summed E-state index contributed by atoms with van der Waals surface area (Å²) in [6, 6.07) is 9.99. The van der Waals surface area contributed by atoms with Crippen molar-refractivity contribution in [2.45, 2.75) is 51.5 Å². The van der Waals surface area contributed by atoms with Crippen molar-refractivity contribution in [2.24, 2.45) is 5.92 Å². The summed E-state index contributed by atoms with van der Waals surface area (Å²) < 4.78 is 34.3. The summed E-state index contributed by atoms with van der Waals surface area (Å²) in [6.45, 7) is 9.31. The van der Waals surface area contributed by atoms with Gasteiger partial charge in [0.05, 0.1) is 17.6 Å². The molecule has 1 atom stereocenters. The number of methoxy groups -OCH3 is 1. The average Bonchev–Trinajstić information content (AvgIpc) is 2.72. The Morgan fingerprint density at radius 3 is 2.42 bits per heavy atom. The molecule has 1 saturated heterocycles. The van der Waals surface area contributed by atoms with Crippen molar-refractivity contribution in [1.29, 1.82) is 0 Å². The van der Waals surface area contributed by atoms with Crippen LogP contribution in [0.1, 0.15) is 59.8 Å². The lowest BCUT2D eigenvalue weighted by Gasteiger charge is -2.30. The number of ether oxygens (including phenoxy) is 1. The smallest absolute Gasteiger partial charge is 0.257 e. The van der Waals surface area contributed by atoms with Crippen molar-refractivity contribution >= 4 is 15.9 Å². The predicted molar refractivity (Wildman–Crippen MR) is 122 cm³/mol. The molecule has 0 saturated carbocycles. The number of carbonyl (C=O) groups excluding carboxylic acids is 1. The zero-order chi connectivity index (χ0) is 22.8. The lowest BCUT2D eigenvalue weighted by Crippen LogP contribution is -2.38. The number of carbonyl (C=O) groups is 1. The van der Waals surface area contributed by atoms with Crippen molar-refractivity contribution in [3.63, 3.8) is 0 Å². The third-order valence-corrected chi connectivity index (χ3v) is 7.54. The first kappa shape index (κ1) is 23.3. The fourth-order valence-electron chi connectivity index (χ4n) is 4.08. The molecule has 2 aromatic carbocycles. The van der Waals surface area contributed by atoms with E-state index in [0.29, 0.717) is 24.8 Å². The molecule has 2 aromatic rings. The molecule has 1 aliphatic heterocycles. The van der Waals surface area contributed by atoms with Gasteiger partial charge in [-0.05, 0) is 68.9 Å². The monoisotopic (exact) mass is 444 g/mol. The first-order chi connectivity index (χ1) is 14.6. The number of aryl methyl sites for hydroxylation is 2. The van der Waals surface area contributed by atoms with Crippen molar-refractivity contribution in [3.05, 3.63) is 58.7 Å². The molecule has 0 radical (unpaired) electrons. The molecule has 0 spiro atoms. The molecular weight excluding hydrogens is 412 g/mol. The van der Waals surface area contributed by atoms with Gasteiger partial charge < -0.3 is 9.64 Å². The van der Waals surface area contributed by atoms with E-state index in [4.69, 9.17) is 4.74 Å². The molecule has 1 N–H and O–H groups in total. The Morgan fingerprint density at radius 1 is 1.13 bits per heavy atom. The number of nitrogens with zero attached hydrogens (tertiary/aromatic N) is 1. The van der Waals surface area contributed by atoms with Crippen molar-refractivity contribution in [3.8, 4) is 5.75 Å². The minimum Gasteiger partial charge on any atom is -0.496 e. The third kappa shape index (κ3) is 5.28. The van der Waals surface area contributed by atoms with Gasteiger partial charge >= 0.3 is 0 Å². The second-order valence-corrected chi connectivity index (χ2v) is 10.3. The third-order valence-electron chi connectivity index (χ3n) is 6.01. The molecular formula is C24H32N2O4S. The zero-order valence-corrected chi connectivity index (χ0v) is 19.8. The maximum absolute atomic E-state index is 13.1. The number of hydrogen-bond donors (Lipinski definition) is 1. The molecule has 0 bridgehead atoms. The van der Waals surface area contributed by atoms with Gasteiger partial charge in [0.25, 0.3) is 5.91 Å². The number of benzene rings is 2. The molecule has 6 nitrogen and oxygen atoms in total. The Balaban J connectivity index is 1.87. The summed E-state index contributed by atoms with van der Waals surface area (Å²) in [5.74, 6) is 0.779. The summed E-state index contributed by atoms with van der Waals surface area (Å²) in [6.07, 6.45) is 1.89. The largest absolute Gasteiger partial charge is 0.496 e. The fourth-order valence-corrected chi connectivity index (χ4v) is 5.33. The van der Waals surface area contributed by atoms with Crippen molar-refractivity contribution in [2.75, 3.05) is 20.2 Å². The molecule has 31 heavy (non-hydrogen) atoms. The van der Waals surface area contributed by atoms with E-state index >= 15 is 0 Å². The number of sulfonamides is 1. The highest BCUT2D eigenvalue weighted by atomic mass is 32.2. The van der Waals surface area contributed by atoms with Crippen LogP contribution < -0.4 is 9.46 Å². The van der Waals surface area contributed by atoms with Gasteiger partial charge in [0.15, 0.2) is 0 Å². The van der Waals surface area contributed by atoms with Crippen LogP contribution in [-0.4, -0.2) is 39.4 Å². The normalized spacial score (nSPS) is 16.2. The maximum Gasteiger partial charge on any atom is 0.257 e. The van der Waals surface area contributed by atoms with E-state index in [1.54, 1.807) is 11.0 Å². The predicted octanol–water partition coefficient (Wildman–Crippen LogP) is 4.22. The van der Waals surface area contributed by atoms with Crippen LogP contribution in [0.4, 0.5) is 0 Å². The quantitative estimate of drug-likeness (QED) is 0.724. The SMILES string of the molecule is COc1ccc(S(=O)(=O)NC(C)c2ccc(C)cc2C)cc1C(=O)N1CCC(C)CC1. The van der Waals surface area contributed by atoms with Crippen LogP contribution in [-0.2, 0) is 10.0 Å². The number of rotatable bonds is 6. The molecule has 1 unspecified atom stereocenters. The van der Waals surface area contributed by atoms with E-state index in [9.17, 15) is 13.2 Å². The highest BCUT2D eigenvalue weighted by molar-refractivity contribution is 7.89. The van der Waals surface area contributed by atoms with Crippen LogP contribution in [0.15, 0.2) is 41.3 Å². The lowest BCUT2D eigenvalue weighted by atomic mass is 9.98. The van der Waals surface area contributed by atoms with Crippen molar-refractivity contribution < 1.29 is 17.9 Å². The second kappa shape index (κ2) is 9.40. The van der Waals surface area contributed by atoms with Gasteiger partial charge in [-0.3, -0.25) is 4.79 Å². The van der Waals surface area contributed by atoms with Crippen LogP contribution in [0.3, 0.4) is 0 Å². The zero-order valence-electron chi connectivity index (χ0n) is 18.9. The summed E-state index contributed by atoms with van der Waals surface area (Å²) in [7, 11) is -2.35. The number of hydrogen-bond acceptors (Lipinski definition) is 4. The summed E-state index contributed by atoms with van der Waals surface area (Å²) in [5, 5.41) is 0. The minimum absolute atomic E-state index is 0.0543. The van der Waals surface area contributed by atoms with Gasteiger partial charge in [-0.25, -0.2) is 13.1 Å². The van der Waals surface area contributed by atoms with E-state index < -0.39 is 16.1 Å². The topological polar surface area (TPSA) is 75.7 Å². The molecule has 7 heteroatoms. The number of amides is 1. The second-order valence-electron chi connectivity index (χ2n) is 8.54. The van der Waals surface area contributed by atoms with E-state index in [-0.39, 0.29) is 16.4 Å². The van der Waals surface area contributed by atoms with Gasteiger partial charge in [-0.15, -0.1) is 0 Å². The van der Waals surface area contributed by atoms with Crippen molar-refractivity contribution in [1.82, 2.24) is 9.62 Å². The van der Waals surface area contributed by atoms with Crippen LogP contribution in [0.25, 0.3) is 0 Å². The van der Waals surface area contributed by atoms with Gasteiger partial charge in [0.1, 0.15) is 5.75 Å². The van der Waals surface area contributed by atoms with E-state index in [1.807, 2.05) is 39.0 Å². The first-order valence-electron chi connectivity index (χ1n) is 10.7. The molecule has 3 rings (SSSR count). The Labute approximate surface area is 185 Å². The van der Waals surface area contributed by atoms with E-state index in [1.165, 1.54) is 19.2 Å². The molecule has 0 aromatic heterocycles. The van der Waals surface area contributed by atoms with Crippen LogP contribution >= 0.6 is 0 Å². The summed E-state index contributed by atoms with van der Waals surface area (Å²) in [5.41, 5.74) is 3.35. The Morgan fingerprint density at radius 2 is 1.81 bits per heavy atom. The van der Waals surface area contributed by atoms with E-state index in [0.717, 1.165) is 29.5 Å². The molecule has 168 valence electrons. The summed E-state index contributed by atoms with van der Waals surface area (Å²) in [4.78, 5) is 14.9. The number of nitrogens with one attached hydrogen (secondary N) is 1. The number of likely N-dealkylation sites (tertiary alicyclic amines) is 1. The van der Waals surface area contributed by atoms with Crippen LogP contribution in [0.2, 0.25) is 0 Å². The Hall–Kier alpha value is -2.38. The maximum atomic E-state index is 13.1. The van der Waals surface area contributed by atoms with Crippen LogP contribution in [0, 0.1) is 19.8 Å². The van der Waals surface area contributed by atoms with Gasteiger partial charge in [0, 0.05) is 19.1 Å². The molecule has 1 fully saturated rings. The Bertz CT molecular complexity index is 1060. The Kier molecular flexibility index (Phi) is 7.06.